The lowest BCUT2D eigenvalue weighted by atomic mass is 10.4. The van der Waals surface area contributed by atoms with Crippen LogP contribution in [0.15, 0.2) is 12.3 Å². The van der Waals surface area contributed by atoms with E-state index in [9.17, 15) is 8.42 Å². The molecular weight excluding hydrogens is 290 g/mol. The summed E-state index contributed by atoms with van der Waals surface area (Å²) in [6.45, 7) is 4.79. The number of sulfonamides is 1. The largest absolute Gasteiger partial charge is 0.370 e. The minimum Gasteiger partial charge on any atom is -0.370 e. The Morgan fingerprint density at radius 3 is 2.76 bits per heavy atom. The van der Waals surface area contributed by atoms with Gasteiger partial charge in [0, 0.05) is 32.2 Å². The average Bonchev–Trinajstić information content (AvgIpc) is 2.98. The number of nitrogens with zero attached hydrogens (tertiary/aromatic N) is 3. The van der Waals surface area contributed by atoms with Crippen LogP contribution in [-0.2, 0) is 10.0 Å². The lowest BCUT2D eigenvalue weighted by molar-refractivity contribution is 0.581. The zero-order valence-corrected chi connectivity index (χ0v) is 13.2. The van der Waals surface area contributed by atoms with Crippen LogP contribution in [0.5, 0.6) is 0 Å². The Balaban J connectivity index is 1.79. The van der Waals surface area contributed by atoms with Gasteiger partial charge in [0.25, 0.3) is 0 Å². The number of hydrogen-bond acceptors (Lipinski definition) is 6. The van der Waals surface area contributed by atoms with Crippen LogP contribution >= 0.6 is 0 Å². The van der Waals surface area contributed by atoms with Gasteiger partial charge in [0.05, 0.1) is 17.6 Å². The van der Waals surface area contributed by atoms with E-state index in [1.54, 1.807) is 6.20 Å². The minimum atomic E-state index is -3.14. The number of hydrogen-bond donors (Lipinski definition) is 2. The Kier molecular flexibility index (Phi) is 5.75. The summed E-state index contributed by atoms with van der Waals surface area (Å²) in [7, 11) is -3.14. The molecule has 1 saturated heterocycles. The maximum Gasteiger partial charge on any atom is 0.211 e. The van der Waals surface area contributed by atoms with E-state index in [-0.39, 0.29) is 5.75 Å². The second kappa shape index (κ2) is 7.56. The molecular formula is C13H23N5O2S. The van der Waals surface area contributed by atoms with Crippen molar-refractivity contribution in [1.82, 2.24) is 14.9 Å². The highest BCUT2D eigenvalue weighted by Gasteiger charge is 2.13. The van der Waals surface area contributed by atoms with Crippen molar-refractivity contribution in [1.29, 1.82) is 0 Å². The predicted molar refractivity (Wildman–Crippen MR) is 84.0 cm³/mol. The quantitative estimate of drug-likeness (QED) is 0.691. The molecule has 0 spiro atoms. The van der Waals surface area contributed by atoms with E-state index in [1.807, 2.05) is 13.0 Å². The summed E-state index contributed by atoms with van der Waals surface area (Å²) in [5.41, 5.74) is 1.07. The molecule has 0 amide bonds. The zero-order chi connectivity index (χ0) is 15.1. The third-order valence-electron chi connectivity index (χ3n) is 3.34. The molecule has 2 N–H and O–H groups in total. The van der Waals surface area contributed by atoms with Crippen molar-refractivity contribution < 1.29 is 8.42 Å². The van der Waals surface area contributed by atoms with E-state index in [4.69, 9.17) is 0 Å². The molecule has 2 heterocycles. The minimum absolute atomic E-state index is 0.164. The van der Waals surface area contributed by atoms with Gasteiger partial charge < -0.3 is 10.2 Å². The summed E-state index contributed by atoms with van der Waals surface area (Å²) in [6.07, 6.45) is 4.81. The van der Waals surface area contributed by atoms with Gasteiger partial charge in [-0.15, -0.1) is 5.10 Å². The number of nitrogens with one attached hydrogen (secondary N) is 2. The van der Waals surface area contributed by atoms with Crippen molar-refractivity contribution in [2.75, 3.05) is 42.1 Å². The monoisotopic (exact) mass is 313 g/mol. The molecule has 21 heavy (non-hydrogen) atoms. The summed E-state index contributed by atoms with van der Waals surface area (Å²) >= 11 is 0. The van der Waals surface area contributed by atoms with Crippen LogP contribution in [0.2, 0.25) is 0 Å². The third-order valence-corrected chi connectivity index (χ3v) is 4.93. The fourth-order valence-corrected chi connectivity index (χ4v) is 3.42. The molecule has 1 aromatic rings. The van der Waals surface area contributed by atoms with E-state index >= 15 is 0 Å². The van der Waals surface area contributed by atoms with Crippen LogP contribution in [-0.4, -0.2) is 50.5 Å². The van der Waals surface area contributed by atoms with Gasteiger partial charge in [-0.2, -0.15) is 5.10 Å². The van der Waals surface area contributed by atoms with Crippen molar-refractivity contribution in [3.63, 3.8) is 0 Å². The van der Waals surface area contributed by atoms with E-state index < -0.39 is 10.0 Å². The highest BCUT2D eigenvalue weighted by Crippen LogP contribution is 2.20. The molecule has 0 unspecified atom stereocenters. The second-order valence-corrected chi connectivity index (χ2v) is 7.06. The smallest absolute Gasteiger partial charge is 0.211 e. The maximum atomic E-state index is 11.5. The van der Waals surface area contributed by atoms with Crippen molar-refractivity contribution in [2.45, 2.75) is 26.2 Å². The molecule has 2 rings (SSSR count). The summed E-state index contributed by atoms with van der Waals surface area (Å²) in [5, 5.41) is 11.1. The lowest BCUT2D eigenvalue weighted by Crippen LogP contribution is -2.30. The molecule has 0 saturated carbocycles. The Bertz CT molecular complexity index is 543. The van der Waals surface area contributed by atoms with Crippen LogP contribution in [0.1, 0.15) is 26.2 Å². The molecule has 1 aliphatic rings. The first-order chi connectivity index (χ1) is 10.1. The highest BCUT2D eigenvalue weighted by molar-refractivity contribution is 7.89. The molecule has 7 nitrogen and oxygen atoms in total. The van der Waals surface area contributed by atoms with E-state index in [0.717, 1.165) is 18.8 Å². The van der Waals surface area contributed by atoms with Crippen molar-refractivity contribution in [3.05, 3.63) is 12.3 Å². The molecule has 8 heteroatoms. The van der Waals surface area contributed by atoms with E-state index in [2.05, 4.69) is 25.1 Å². The van der Waals surface area contributed by atoms with Crippen LogP contribution < -0.4 is 14.9 Å². The highest BCUT2D eigenvalue weighted by atomic mass is 32.2. The Morgan fingerprint density at radius 2 is 2.05 bits per heavy atom. The molecule has 118 valence electrons. The zero-order valence-electron chi connectivity index (χ0n) is 12.4. The van der Waals surface area contributed by atoms with Gasteiger partial charge in [-0.05, 0) is 19.3 Å². The molecule has 1 aromatic heterocycles. The molecule has 1 fully saturated rings. The standard InChI is InChI=1S/C13H23N5O2S/c1-2-9-21(19,20)16-6-5-14-13-10-12(11-15-17-13)18-7-3-4-8-18/h10-11,16H,2-9H2,1H3,(H,14,17). The van der Waals surface area contributed by atoms with Gasteiger partial charge in [0.1, 0.15) is 0 Å². The van der Waals surface area contributed by atoms with Crippen LogP contribution in [0.4, 0.5) is 11.5 Å². The summed E-state index contributed by atoms with van der Waals surface area (Å²) in [5.74, 6) is 0.839. The maximum absolute atomic E-state index is 11.5. The molecule has 0 radical (unpaired) electrons. The molecule has 0 aromatic carbocycles. The summed E-state index contributed by atoms with van der Waals surface area (Å²) in [4.78, 5) is 2.28. The van der Waals surface area contributed by atoms with Crippen LogP contribution in [0.25, 0.3) is 0 Å². The first-order valence-electron chi connectivity index (χ1n) is 7.39. The second-order valence-electron chi connectivity index (χ2n) is 5.13. The van der Waals surface area contributed by atoms with Gasteiger partial charge in [-0.25, -0.2) is 13.1 Å². The van der Waals surface area contributed by atoms with E-state index in [0.29, 0.717) is 25.3 Å². The lowest BCUT2D eigenvalue weighted by Gasteiger charge is -2.17. The first kappa shape index (κ1) is 16.0. The molecule has 1 aliphatic heterocycles. The fraction of sp³-hybridized carbons (Fsp3) is 0.692. The fourth-order valence-electron chi connectivity index (χ4n) is 2.33. The average molecular weight is 313 g/mol. The summed E-state index contributed by atoms with van der Waals surface area (Å²) < 4.78 is 25.5. The molecule has 0 bridgehead atoms. The SMILES string of the molecule is CCCS(=O)(=O)NCCNc1cc(N2CCCC2)cnn1. The van der Waals surface area contributed by atoms with Gasteiger partial charge >= 0.3 is 0 Å². The first-order valence-corrected chi connectivity index (χ1v) is 9.05. The Morgan fingerprint density at radius 1 is 1.29 bits per heavy atom. The topological polar surface area (TPSA) is 87.2 Å². The predicted octanol–water partition coefficient (Wildman–Crippen LogP) is 0.818. The van der Waals surface area contributed by atoms with Gasteiger partial charge in [0.2, 0.25) is 10.0 Å². The van der Waals surface area contributed by atoms with E-state index in [1.165, 1.54) is 12.8 Å². The molecule has 0 aliphatic carbocycles. The van der Waals surface area contributed by atoms with Gasteiger partial charge in [-0.3, -0.25) is 0 Å². The van der Waals surface area contributed by atoms with Crippen LogP contribution in [0.3, 0.4) is 0 Å². The summed E-state index contributed by atoms with van der Waals surface area (Å²) in [6, 6.07) is 1.96. The van der Waals surface area contributed by atoms with Gasteiger partial charge in [-0.1, -0.05) is 6.92 Å². The number of rotatable bonds is 8. The van der Waals surface area contributed by atoms with Crippen molar-refractivity contribution in [3.8, 4) is 0 Å². The third kappa shape index (κ3) is 5.13. The normalized spacial score (nSPS) is 15.4. The van der Waals surface area contributed by atoms with Crippen molar-refractivity contribution in [2.24, 2.45) is 0 Å². The molecule has 0 atom stereocenters. The Labute approximate surface area is 126 Å². The van der Waals surface area contributed by atoms with Crippen LogP contribution in [0, 0.1) is 0 Å². The number of aromatic nitrogens is 2. The Hall–Kier alpha value is -1.41. The van der Waals surface area contributed by atoms with Gasteiger partial charge in [0.15, 0.2) is 5.82 Å². The number of anilines is 2. The van der Waals surface area contributed by atoms with Crippen molar-refractivity contribution >= 4 is 21.5 Å².